The summed E-state index contributed by atoms with van der Waals surface area (Å²) < 4.78 is 2.96. The van der Waals surface area contributed by atoms with E-state index in [1.807, 2.05) is 78.7 Å². The van der Waals surface area contributed by atoms with Crippen LogP contribution in [0.4, 0.5) is 5.95 Å². The van der Waals surface area contributed by atoms with Crippen molar-refractivity contribution in [2.75, 3.05) is 11.6 Å². The lowest BCUT2D eigenvalue weighted by Gasteiger charge is -2.15. The Morgan fingerprint density at radius 1 is 0.938 bits per heavy atom. The molecule has 1 aromatic heterocycles. The number of nitrogens with zero attached hydrogens (tertiary/aromatic N) is 5. The van der Waals surface area contributed by atoms with Gasteiger partial charge in [0, 0.05) is 18.0 Å². The SMILES string of the molecule is Cc1ccc(-n2nc(N3C[C@@H](c4ccccc4)C(c4ccc(Cl)cc4)=N3)n(C)c2=O)cc1. The largest absolute Gasteiger partial charge is 0.351 e. The predicted octanol–water partition coefficient (Wildman–Crippen LogP) is 4.54. The fourth-order valence-electron chi connectivity index (χ4n) is 3.96. The predicted molar refractivity (Wildman–Crippen MR) is 128 cm³/mol. The Labute approximate surface area is 191 Å². The van der Waals surface area contributed by atoms with Crippen molar-refractivity contribution in [3.05, 3.63) is 111 Å². The highest BCUT2D eigenvalue weighted by molar-refractivity contribution is 6.30. The minimum absolute atomic E-state index is 0.0389. The van der Waals surface area contributed by atoms with Crippen LogP contribution in [0.2, 0.25) is 5.02 Å². The van der Waals surface area contributed by atoms with Crippen molar-refractivity contribution < 1.29 is 0 Å². The lowest BCUT2D eigenvalue weighted by molar-refractivity contribution is 0.765. The topological polar surface area (TPSA) is 55.4 Å². The Morgan fingerprint density at radius 2 is 1.62 bits per heavy atom. The van der Waals surface area contributed by atoms with Crippen molar-refractivity contribution >= 4 is 23.3 Å². The van der Waals surface area contributed by atoms with Gasteiger partial charge in [0.05, 0.1) is 17.9 Å². The summed E-state index contributed by atoms with van der Waals surface area (Å²) in [6.07, 6.45) is 0. The maximum Gasteiger partial charge on any atom is 0.351 e. The van der Waals surface area contributed by atoms with Gasteiger partial charge < -0.3 is 0 Å². The minimum Gasteiger partial charge on any atom is -0.263 e. The van der Waals surface area contributed by atoms with Crippen LogP contribution in [0, 0.1) is 6.92 Å². The number of rotatable bonds is 4. The van der Waals surface area contributed by atoms with Gasteiger partial charge >= 0.3 is 5.69 Å². The van der Waals surface area contributed by atoms with E-state index in [0.29, 0.717) is 17.5 Å². The molecule has 1 aliphatic rings. The van der Waals surface area contributed by atoms with Crippen LogP contribution in [-0.2, 0) is 7.05 Å². The summed E-state index contributed by atoms with van der Waals surface area (Å²) in [4.78, 5) is 12.9. The van der Waals surface area contributed by atoms with Gasteiger partial charge in [-0.3, -0.25) is 4.57 Å². The summed E-state index contributed by atoms with van der Waals surface area (Å²) in [7, 11) is 1.72. The van der Waals surface area contributed by atoms with Gasteiger partial charge in [0.25, 0.3) is 0 Å². The normalized spacial score (nSPS) is 15.8. The van der Waals surface area contributed by atoms with E-state index in [2.05, 4.69) is 17.2 Å². The van der Waals surface area contributed by atoms with Crippen LogP contribution in [0.5, 0.6) is 0 Å². The Balaban J connectivity index is 1.58. The number of hydrazone groups is 1. The number of hydrogen-bond donors (Lipinski definition) is 0. The van der Waals surface area contributed by atoms with Crippen molar-refractivity contribution in [2.24, 2.45) is 12.1 Å². The molecule has 160 valence electrons. The van der Waals surface area contributed by atoms with Gasteiger partial charge in [0.15, 0.2) is 0 Å². The zero-order chi connectivity index (χ0) is 22.2. The molecule has 1 atom stereocenters. The van der Waals surface area contributed by atoms with Crippen LogP contribution >= 0.6 is 11.6 Å². The Kier molecular flexibility index (Phi) is 5.15. The maximum atomic E-state index is 12.9. The lowest BCUT2D eigenvalue weighted by atomic mass is 9.91. The van der Waals surface area contributed by atoms with E-state index in [-0.39, 0.29) is 11.6 Å². The van der Waals surface area contributed by atoms with Crippen LogP contribution in [0.1, 0.15) is 22.6 Å². The van der Waals surface area contributed by atoms with Gasteiger partial charge in [-0.2, -0.15) is 9.78 Å². The van der Waals surface area contributed by atoms with Gasteiger partial charge in [0.2, 0.25) is 5.95 Å². The summed E-state index contributed by atoms with van der Waals surface area (Å²) in [5, 5.41) is 12.0. The van der Waals surface area contributed by atoms with Crippen molar-refractivity contribution in [1.29, 1.82) is 0 Å². The molecule has 7 heteroatoms. The van der Waals surface area contributed by atoms with Crippen LogP contribution in [0.3, 0.4) is 0 Å². The standard InChI is InChI=1S/C25H22ClN5O/c1-17-8-14-21(15-9-17)31-25(32)29(2)24(28-31)30-16-22(18-6-4-3-5-7-18)23(27-30)19-10-12-20(26)13-11-19/h3-15,22H,16H2,1-2H3/t22-/m0/s1. The number of hydrogen-bond acceptors (Lipinski definition) is 4. The number of halogens is 1. The quantitative estimate of drug-likeness (QED) is 0.465. The number of aromatic nitrogens is 3. The molecular weight excluding hydrogens is 422 g/mol. The second kappa shape index (κ2) is 8.13. The van der Waals surface area contributed by atoms with E-state index in [9.17, 15) is 4.79 Å². The molecule has 0 spiro atoms. The van der Waals surface area contributed by atoms with E-state index in [1.54, 1.807) is 7.05 Å². The van der Waals surface area contributed by atoms with Gasteiger partial charge in [-0.25, -0.2) is 9.80 Å². The smallest absolute Gasteiger partial charge is 0.263 e. The van der Waals surface area contributed by atoms with E-state index in [0.717, 1.165) is 28.1 Å². The van der Waals surface area contributed by atoms with E-state index in [4.69, 9.17) is 16.7 Å². The van der Waals surface area contributed by atoms with Crippen molar-refractivity contribution in [3.63, 3.8) is 0 Å². The number of aryl methyl sites for hydroxylation is 1. The summed E-state index contributed by atoms with van der Waals surface area (Å²) >= 11 is 6.10. The molecule has 0 fully saturated rings. The molecule has 2 heterocycles. The van der Waals surface area contributed by atoms with E-state index >= 15 is 0 Å². The summed E-state index contributed by atoms with van der Waals surface area (Å²) in [5.74, 6) is 0.539. The average molecular weight is 444 g/mol. The van der Waals surface area contributed by atoms with Gasteiger partial charge in [-0.1, -0.05) is 71.8 Å². The average Bonchev–Trinajstić information content (AvgIpc) is 3.38. The molecule has 0 amide bonds. The Hall–Kier alpha value is -3.64. The Morgan fingerprint density at radius 3 is 2.31 bits per heavy atom. The number of benzene rings is 3. The second-order valence-electron chi connectivity index (χ2n) is 7.93. The molecule has 0 bridgehead atoms. The molecule has 0 saturated heterocycles. The fraction of sp³-hybridized carbons (Fsp3) is 0.160. The first kappa shape index (κ1) is 20.3. The molecule has 4 aromatic rings. The van der Waals surface area contributed by atoms with Crippen LogP contribution in [0.25, 0.3) is 5.69 Å². The molecule has 0 saturated carbocycles. The van der Waals surface area contributed by atoms with Gasteiger partial charge in [-0.05, 0) is 42.3 Å². The zero-order valence-electron chi connectivity index (χ0n) is 17.8. The van der Waals surface area contributed by atoms with Gasteiger partial charge in [-0.15, -0.1) is 5.10 Å². The summed E-state index contributed by atoms with van der Waals surface area (Å²) in [6.45, 7) is 2.59. The molecule has 32 heavy (non-hydrogen) atoms. The third-order valence-electron chi connectivity index (χ3n) is 5.72. The first-order chi connectivity index (χ1) is 15.5. The molecule has 1 aliphatic heterocycles. The van der Waals surface area contributed by atoms with Crippen LogP contribution < -0.4 is 10.7 Å². The highest BCUT2D eigenvalue weighted by Crippen LogP contribution is 2.31. The third kappa shape index (κ3) is 3.63. The third-order valence-corrected chi connectivity index (χ3v) is 5.97. The van der Waals surface area contributed by atoms with Crippen LogP contribution in [0.15, 0.2) is 88.8 Å². The molecule has 0 N–H and O–H groups in total. The first-order valence-corrected chi connectivity index (χ1v) is 10.8. The van der Waals surface area contributed by atoms with Gasteiger partial charge in [0.1, 0.15) is 0 Å². The van der Waals surface area contributed by atoms with Crippen LogP contribution in [-0.4, -0.2) is 26.6 Å². The molecule has 0 radical (unpaired) electrons. The molecule has 0 aliphatic carbocycles. The van der Waals surface area contributed by atoms with Crippen molar-refractivity contribution in [3.8, 4) is 5.69 Å². The molecule has 3 aromatic carbocycles. The minimum atomic E-state index is -0.213. The molecule has 0 unspecified atom stereocenters. The molecule has 6 nitrogen and oxygen atoms in total. The summed E-state index contributed by atoms with van der Waals surface area (Å²) in [5.41, 5.74) is 4.71. The van der Waals surface area contributed by atoms with E-state index < -0.39 is 0 Å². The number of anilines is 1. The first-order valence-electron chi connectivity index (χ1n) is 10.4. The van der Waals surface area contributed by atoms with E-state index in [1.165, 1.54) is 9.25 Å². The Bertz CT molecular complexity index is 1340. The summed E-state index contributed by atoms with van der Waals surface area (Å²) in [6, 6.07) is 25.7. The lowest BCUT2D eigenvalue weighted by Crippen LogP contribution is -2.24. The molecule has 5 rings (SSSR count). The maximum absolute atomic E-state index is 12.9. The monoisotopic (exact) mass is 443 g/mol. The van der Waals surface area contributed by atoms with Crippen molar-refractivity contribution in [1.82, 2.24) is 14.3 Å². The zero-order valence-corrected chi connectivity index (χ0v) is 18.6. The van der Waals surface area contributed by atoms with Crippen molar-refractivity contribution in [2.45, 2.75) is 12.8 Å². The highest BCUT2D eigenvalue weighted by Gasteiger charge is 2.32. The highest BCUT2D eigenvalue weighted by atomic mass is 35.5. The fourth-order valence-corrected chi connectivity index (χ4v) is 4.09. The second-order valence-corrected chi connectivity index (χ2v) is 8.36. The molecular formula is C25H22ClN5O.